The van der Waals surface area contributed by atoms with Gasteiger partial charge in [-0.05, 0) is 38.0 Å². The Kier molecular flexibility index (Phi) is 6.90. The van der Waals surface area contributed by atoms with Crippen LogP contribution in [0, 0.1) is 0 Å². The lowest BCUT2D eigenvalue weighted by Gasteiger charge is -2.25. The first-order chi connectivity index (χ1) is 14.4. The third kappa shape index (κ3) is 4.54. The molecule has 30 heavy (non-hydrogen) atoms. The van der Waals surface area contributed by atoms with E-state index in [0.717, 1.165) is 5.56 Å². The van der Waals surface area contributed by atoms with Gasteiger partial charge in [0.25, 0.3) is 11.7 Å². The molecule has 2 aromatic carbocycles. The van der Waals surface area contributed by atoms with E-state index in [1.54, 1.807) is 43.5 Å². The van der Waals surface area contributed by atoms with Gasteiger partial charge in [0, 0.05) is 18.7 Å². The monoisotopic (exact) mass is 409 g/mol. The molecule has 158 valence electrons. The molecule has 1 aliphatic heterocycles. The van der Waals surface area contributed by atoms with Crippen LogP contribution < -0.4 is 4.74 Å². The molecule has 6 nitrogen and oxygen atoms in total. The van der Waals surface area contributed by atoms with E-state index in [0.29, 0.717) is 30.9 Å². The van der Waals surface area contributed by atoms with Gasteiger partial charge in [0.05, 0.1) is 24.8 Å². The lowest BCUT2D eigenvalue weighted by Crippen LogP contribution is -2.31. The number of hydrogen-bond donors (Lipinski definition) is 1. The summed E-state index contributed by atoms with van der Waals surface area (Å²) in [7, 11) is 1.57. The number of carbonyl (C=O) groups is 2. The fourth-order valence-electron chi connectivity index (χ4n) is 3.55. The van der Waals surface area contributed by atoms with Gasteiger partial charge >= 0.3 is 0 Å². The third-order valence-corrected chi connectivity index (χ3v) is 5.01. The number of aliphatic hydroxyl groups is 1. The molecule has 3 rings (SSSR count). The van der Waals surface area contributed by atoms with E-state index in [1.807, 2.05) is 32.0 Å². The van der Waals surface area contributed by atoms with E-state index in [1.165, 1.54) is 4.90 Å². The van der Waals surface area contributed by atoms with Crippen LogP contribution >= 0.6 is 0 Å². The van der Waals surface area contributed by atoms with E-state index in [9.17, 15) is 14.7 Å². The average molecular weight is 409 g/mol. The average Bonchev–Trinajstić information content (AvgIpc) is 3.01. The number of Topliss-reactive ketones (excluding diaryl/α,β-unsaturated/α-hetero) is 1. The number of ether oxygens (including phenoxy) is 2. The number of methoxy groups -OCH3 is 1. The maximum Gasteiger partial charge on any atom is 0.295 e. The Morgan fingerprint density at radius 3 is 2.33 bits per heavy atom. The molecule has 0 bridgehead atoms. The van der Waals surface area contributed by atoms with Crippen molar-refractivity contribution in [1.82, 2.24) is 4.90 Å². The number of aliphatic hydroxyl groups excluding tert-OH is 1. The molecule has 0 radical (unpaired) electrons. The van der Waals surface area contributed by atoms with Gasteiger partial charge in [0.15, 0.2) is 0 Å². The third-order valence-electron chi connectivity index (χ3n) is 5.01. The fraction of sp³-hybridized carbons (Fsp3) is 0.333. The number of hydrogen-bond acceptors (Lipinski definition) is 5. The number of nitrogens with zero attached hydrogens (tertiary/aromatic N) is 1. The van der Waals surface area contributed by atoms with Crippen LogP contribution in [0.15, 0.2) is 60.2 Å². The van der Waals surface area contributed by atoms with E-state index >= 15 is 0 Å². The van der Waals surface area contributed by atoms with Crippen molar-refractivity contribution < 1.29 is 24.2 Å². The molecule has 0 aliphatic carbocycles. The zero-order valence-corrected chi connectivity index (χ0v) is 17.5. The van der Waals surface area contributed by atoms with E-state index in [4.69, 9.17) is 9.47 Å². The first-order valence-corrected chi connectivity index (χ1v) is 10.0. The Balaban J connectivity index is 2.01. The summed E-state index contributed by atoms with van der Waals surface area (Å²) in [5, 5.41) is 10.9. The van der Waals surface area contributed by atoms with Crippen LogP contribution in [0.5, 0.6) is 5.75 Å². The summed E-state index contributed by atoms with van der Waals surface area (Å²) in [6.07, 6.45) is 0.680. The van der Waals surface area contributed by atoms with Gasteiger partial charge in [-0.25, -0.2) is 0 Å². The zero-order valence-electron chi connectivity index (χ0n) is 17.5. The van der Waals surface area contributed by atoms with Gasteiger partial charge in [-0.3, -0.25) is 9.59 Å². The van der Waals surface area contributed by atoms with Gasteiger partial charge in [-0.15, -0.1) is 0 Å². The molecule has 1 fully saturated rings. The van der Waals surface area contributed by atoms with E-state index < -0.39 is 17.7 Å². The molecule has 0 saturated carbocycles. The van der Waals surface area contributed by atoms with Gasteiger partial charge in [-0.1, -0.05) is 42.5 Å². The van der Waals surface area contributed by atoms with Crippen LogP contribution in [0.1, 0.15) is 37.4 Å². The summed E-state index contributed by atoms with van der Waals surface area (Å²) >= 11 is 0. The second-order valence-corrected chi connectivity index (χ2v) is 7.40. The van der Waals surface area contributed by atoms with Crippen LogP contribution in [-0.4, -0.2) is 48.1 Å². The molecule has 1 N–H and O–H groups in total. The molecule has 0 aromatic heterocycles. The first-order valence-electron chi connectivity index (χ1n) is 10.0. The Morgan fingerprint density at radius 1 is 1.07 bits per heavy atom. The minimum Gasteiger partial charge on any atom is -0.507 e. The summed E-state index contributed by atoms with van der Waals surface area (Å²) < 4.78 is 10.8. The summed E-state index contributed by atoms with van der Waals surface area (Å²) in [6, 6.07) is 15.3. The van der Waals surface area contributed by atoms with Crippen LogP contribution in [0.2, 0.25) is 0 Å². The largest absolute Gasteiger partial charge is 0.507 e. The molecule has 1 heterocycles. The molecule has 0 spiro atoms. The topological polar surface area (TPSA) is 76.1 Å². The highest BCUT2D eigenvalue weighted by atomic mass is 16.5. The van der Waals surface area contributed by atoms with Crippen molar-refractivity contribution in [3.05, 3.63) is 71.3 Å². The Morgan fingerprint density at radius 2 is 1.73 bits per heavy atom. The highest BCUT2D eigenvalue weighted by Gasteiger charge is 2.45. The van der Waals surface area contributed by atoms with E-state index in [-0.39, 0.29) is 17.4 Å². The van der Waals surface area contributed by atoms with Crippen molar-refractivity contribution in [1.29, 1.82) is 0 Å². The molecule has 1 amide bonds. The number of carbonyl (C=O) groups excluding carboxylic acids is 2. The normalized spacial score (nSPS) is 18.3. The van der Waals surface area contributed by atoms with Gasteiger partial charge in [-0.2, -0.15) is 0 Å². The van der Waals surface area contributed by atoms with Crippen molar-refractivity contribution in [2.45, 2.75) is 32.4 Å². The molecular formula is C24H27NO5. The molecule has 1 atom stereocenters. The van der Waals surface area contributed by atoms with Gasteiger partial charge in [0.2, 0.25) is 0 Å². The summed E-state index contributed by atoms with van der Waals surface area (Å²) in [5.41, 5.74) is 1.33. The molecule has 6 heteroatoms. The Bertz CT molecular complexity index is 918. The maximum absolute atomic E-state index is 12.9. The lowest BCUT2D eigenvalue weighted by molar-refractivity contribution is -0.140. The summed E-state index contributed by atoms with van der Waals surface area (Å²) in [6.45, 7) is 4.72. The van der Waals surface area contributed by atoms with Crippen molar-refractivity contribution in [3.8, 4) is 5.75 Å². The minimum atomic E-state index is -0.679. The highest BCUT2D eigenvalue weighted by molar-refractivity contribution is 6.46. The molecule has 1 saturated heterocycles. The molecule has 1 unspecified atom stereocenters. The minimum absolute atomic E-state index is 0.0934. The maximum atomic E-state index is 12.9. The predicted octanol–water partition coefficient (Wildman–Crippen LogP) is 3.93. The second kappa shape index (κ2) is 9.59. The molecule has 2 aromatic rings. The number of ketones is 1. The van der Waals surface area contributed by atoms with Crippen LogP contribution in [-0.2, 0) is 14.3 Å². The summed E-state index contributed by atoms with van der Waals surface area (Å²) in [5.74, 6) is -0.792. The first kappa shape index (κ1) is 21.6. The van der Waals surface area contributed by atoms with Crippen molar-refractivity contribution in [3.63, 3.8) is 0 Å². The summed E-state index contributed by atoms with van der Waals surface area (Å²) in [4.78, 5) is 27.3. The Hall–Kier alpha value is -3.12. The second-order valence-electron chi connectivity index (χ2n) is 7.40. The van der Waals surface area contributed by atoms with Gasteiger partial charge in [0.1, 0.15) is 11.5 Å². The quantitative estimate of drug-likeness (QED) is 0.309. The van der Waals surface area contributed by atoms with Crippen LogP contribution in [0.4, 0.5) is 0 Å². The lowest BCUT2D eigenvalue weighted by atomic mass is 9.95. The van der Waals surface area contributed by atoms with Crippen LogP contribution in [0.3, 0.4) is 0 Å². The molecule has 1 aliphatic rings. The molecular weight excluding hydrogens is 382 g/mol. The predicted molar refractivity (Wildman–Crippen MR) is 114 cm³/mol. The van der Waals surface area contributed by atoms with E-state index in [2.05, 4.69) is 0 Å². The number of likely N-dealkylation sites (tertiary alicyclic amines) is 1. The van der Waals surface area contributed by atoms with Gasteiger partial charge < -0.3 is 19.5 Å². The highest BCUT2D eigenvalue weighted by Crippen LogP contribution is 2.39. The van der Waals surface area contributed by atoms with Crippen LogP contribution in [0.25, 0.3) is 5.76 Å². The SMILES string of the molecule is COc1ccc(C2/C(=C(/O)c3ccccc3)C(=O)C(=O)N2CCCOC(C)C)cc1. The van der Waals surface area contributed by atoms with Crippen molar-refractivity contribution >= 4 is 17.4 Å². The standard InChI is InChI=1S/C24H27NO5/c1-16(2)30-15-7-14-25-21(17-10-12-19(29-3)13-11-17)20(23(27)24(25)28)22(26)18-8-5-4-6-9-18/h4-6,8-13,16,21,26H,7,14-15H2,1-3H3/b22-20-. The van der Waals surface area contributed by atoms with Crippen molar-refractivity contribution in [2.24, 2.45) is 0 Å². The Labute approximate surface area is 176 Å². The number of amides is 1. The van der Waals surface area contributed by atoms with Crippen molar-refractivity contribution in [2.75, 3.05) is 20.3 Å². The zero-order chi connectivity index (χ0) is 21.7. The smallest absolute Gasteiger partial charge is 0.295 e. The number of benzene rings is 2. The number of rotatable bonds is 8. The fourth-order valence-corrected chi connectivity index (χ4v) is 3.55.